The van der Waals surface area contributed by atoms with E-state index in [4.69, 9.17) is 11.2 Å². The highest BCUT2D eigenvalue weighted by Crippen LogP contribution is 2.33. The number of unbranched alkanes of at least 4 members (excludes halogenated alkanes) is 2. The van der Waals surface area contributed by atoms with Gasteiger partial charge in [-0.15, -0.1) is 12.3 Å². The van der Waals surface area contributed by atoms with Crippen LogP contribution in [0, 0.1) is 23.2 Å². The van der Waals surface area contributed by atoms with Gasteiger partial charge in [-0.05, 0) is 26.7 Å². The third kappa shape index (κ3) is 9.41. The highest BCUT2D eigenvalue weighted by Gasteiger charge is 2.28. The summed E-state index contributed by atoms with van der Waals surface area (Å²) in [6, 6.07) is 0. The molecular weight excluding hydrogens is 238 g/mol. The Bertz CT molecular complexity index is 313. The van der Waals surface area contributed by atoms with Gasteiger partial charge in [0, 0.05) is 17.4 Å². The molecule has 0 atom stereocenters. The molecule has 19 heavy (non-hydrogen) atoms. The summed E-state index contributed by atoms with van der Waals surface area (Å²) in [5.74, 6) is 2.78. The van der Waals surface area contributed by atoms with E-state index in [-0.39, 0.29) is 16.9 Å². The number of nitrogens with one attached hydrogen (secondary N) is 1. The maximum absolute atomic E-state index is 11.5. The molecule has 0 aliphatic carbocycles. The third-order valence-electron chi connectivity index (χ3n) is 2.95. The molecule has 3 heteroatoms. The second-order valence-corrected chi connectivity index (χ2v) is 6.58. The van der Waals surface area contributed by atoms with Gasteiger partial charge in [0.2, 0.25) is 0 Å². The van der Waals surface area contributed by atoms with Gasteiger partial charge in [-0.25, -0.2) is 4.79 Å². The first-order valence-corrected chi connectivity index (χ1v) is 7.11. The second-order valence-electron chi connectivity index (χ2n) is 6.58. The van der Waals surface area contributed by atoms with Gasteiger partial charge in [0.25, 0.3) is 0 Å². The molecule has 0 radical (unpaired) electrons. The van der Waals surface area contributed by atoms with Gasteiger partial charge in [-0.3, -0.25) is 0 Å². The van der Waals surface area contributed by atoms with Crippen molar-refractivity contribution in [1.29, 1.82) is 0 Å². The van der Waals surface area contributed by atoms with E-state index in [9.17, 15) is 4.79 Å². The lowest BCUT2D eigenvalue weighted by molar-refractivity contribution is 0.0809. The Hall–Kier alpha value is -1.17. The standard InChI is InChI=1S/C16H29NO2/c1-7-9-10-11-17-14(18)19-13-16(5,6)12-15(3,4)8-2/h2H,7,9-13H2,1,3-6H3,(H,17,18). The summed E-state index contributed by atoms with van der Waals surface area (Å²) in [4.78, 5) is 11.5. The number of carbonyl (C=O) groups is 1. The molecule has 3 nitrogen and oxygen atoms in total. The van der Waals surface area contributed by atoms with Gasteiger partial charge >= 0.3 is 6.09 Å². The van der Waals surface area contributed by atoms with Crippen LogP contribution in [0.1, 0.15) is 60.3 Å². The number of alkyl carbamates (subject to hydrolysis) is 1. The molecule has 0 aromatic heterocycles. The topological polar surface area (TPSA) is 38.3 Å². The number of rotatable bonds is 8. The van der Waals surface area contributed by atoms with Crippen LogP contribution in [0.3, 0.4) is 0 Å². The lowest BCUT2D eigenvalue weighted by Crippen LogP contribution is -2.32. The van der Waals surface area contributed by atoms with Crippen LogP contribution in [-0.4, -0.2) is 19.2 Å². The fourth-order valence-electron chi connectivity index (χ4n) is 2.18. The first-order valence-electron chi connectivity index (χ1n) is 7.11. The predicted molar refractivity (Wildman–Crippen MR) is 79.9 cm³/mol. The number of terminal acetylenes is 1. The average molecular weight is 267 g/mol. The predicted octanol–water partition coefficient (Wildman–Crippen LogP) is 3.98. The Morgan fingerprint density at radius 2 is 1.89 bits per heavy atom. The van der Waals surface area contributed by atoms with Crippen molar-refractivity contribution >= 4 is 6.09 Å². The minimum atomic E-state index is -0.331. The number of amides is 1. The third-order valence-corrected chi connectivity index (χ3v) is 2.95. The molecule has 0 heterocycles. The SMILES string of the molecule is C#CC(C)(C)CC(C)(C)COC(=O)NCCCCC. The van der Waals surface area contributed by atoms with E-state index in [1.807, 2.05) is 13.8 Å². The van der Waals surface area contributed by atoms with E-state index in [0.29, 0.717) is 13.2 Å². The van der Waals surface area contributed by atoms with E-state index in [0.717, 1.165) is 25.7 Å². The minimum Gasteiger partial charge on any atom is -0.449 e. The van der Waals surface area contributed by atoms with Crippen LogP contribution < -0.4 is 5.32 Å². The maximum atomic E-state index is 11.5. The summed E-state index contributed by atoms with van der Waals surface area (Å²) in [6.07, 6.45) is 9.25. The van der Waals surface area contributed by atoms with Crippen molar-refractivity contribution in [3.05, 3.63) is 0 Å². The summed E-state index contributed by atoms with van der Waals surface area (Å²) in [5, 5.41) is 2.77. The van der Waals surface area contributed by atoms with Crippen molar-refractivity contribution in [1.82, 2.24) is 5.32 Å². The molecule has 1 N–H and O–H groups in total. The Morgan fingerprint density at radius 1 is 1.26 bits per heavy atom. The smallest absolute Gasteiger partial charge is 0.407 e. The molecule has 0 aliphatic heterocycles. The highest BCUT2D eigenvalue weighted by molar-refractivity contribution is 5.67. The molecule has 0 aromatic carbocycles. The Balaban J connectivity index is 3.97. The summed E-state index contributed by atoms with van der Waals surface area (Å²) in [5.41, 5.74) is -0.291. The number of carbonyl (C=O) groups excluding carboxylic acids is 1. The molecule has 1 amide bonds. The van der Waals surface area contributed by atoms with E-state index in [2.05, 4.69) is 32.0 Å². The number of hydrogen-bond acceptors (Lipinski definition) is 2. The fraction of sp³-hybridized carbons (Fsp3) is 0.812. The van der Waals surface area contributed by atoms with E-state index >= 15 is 0 Å². The highest BCUT2D eigenvalue weighted by atomic mass is 16.5. The molecule has 0 unspecified atom stereocenters. The van der Waals surface area contributed by atoms with Crippen molar-refractivity contribution in [2.24, 2.45) is 10.8 Å². The maximum Gasteiger partial charge on any atom is 0.407 e. The molecule has 0 rings (SSSR count). The van der Waals surface area contributed by atoms with Gasteiger partial charge in [0.05, 0.1) is 6.61 Å². The summed E-state index contributed by atoms with van der Waals surface area (Å²) in [6.45, 7) is 11.4. The van der Waals surface area contributed by atoms with Crippen LogP contribution in [0.2, 0.25) is 0 Å². The Kier molecular flexibility index (Phi) is 7.59. The van der Waals surface area contributed by atoms with Crippen LogP contribution in [0.4, 0.5) is 4.79 Å². The van der Waals surface area contributed by atoms with Gasteiger partial charge in [0.15, 0.2) is 0 Å². The van der Waals surface area contributed by atoms with Crippen molar-refractivity contribution in [3.8, 4) is 12.3 Å². The first-order chi connectivity index (χ1) is 8.72. The second kappa shape index (κ2) is 8.09. The lowest BCUT2D eigenvalue weighted by atomic mass is 9.76. The molecule has 0 fully saturated rings. The molecule has 110 valence electrons. The van der Waals surface area contributed by atoms with Crippen LogP contribution >= 0.6 is 0 Å². The summed E-state index contributed by atoms with van der Waals surface area (Å²) in [7, 11) is 0. The summed E-state index contributed by atoms with van der Waals surface area (Å²) >= 11 is 0. The summed E-state index contributed by atoms with van der Waals surface area (Å²) < 4.78 is 5.26. The van der Waals surface area contributed by atoms with Crippen molar-refractivity contribution in [2.75, 3.05) is 13.2 Å². The molecule has 0 saturated carbocycles. The van der Waals surface area contributed by atoms with Gasteiger partial charge < -0.3 is 10.1 Å². The Labute approximate surface area is 118 Å². The van der Waals surface area contributed by atoms with E-state index in [1.54, 1.807) is 0 Å². The van der Waals surface area contributed by atoms with Gasteiger partial charge in [0.1, 0.15) is 0 Å². The lowest BCUT2D eigenvalue weighted by Gasteiger charge is -2.31. The van der Waals surface area contributed by atoms with Crippen LogP contribution in [0.25, 0.3) is 0 Å². The molecule has 0 spiro atoms. The minimum absolute atomic E-state index is 0.114. The zero-order valence-corrected chi connectivity index (χ0v) is 13.1. The van der Waals surface area contributed by atoms with Crippen LogP contribution in [0.5, 0.6) is 0 Å². The number of hydrogen-bond donors (Lipinski definition) is 1. The normalized spacial score (nSPS) is 11.8. The van der Waals surface area contributed by atoms with Crippen LogP contribution in [-0.2, 0) is 4.74 Å². The molecule has 0 saturated heterocycles. The molecule has 0 aromatic rings. The number of ether oxygens (including phenoxy) is 1. The van der Waals surface area contributed by atoms with Crippen molar-refractivity contribution in [2.45, 2.75) is 60.3 Å². The fourth-order valence-corrected chi connectivity index (χ4v) is 2.18. The average Bonchev–Trinajstić information content (AvgIpc) is 2.31. The quantitative estimate of drug-likeness (QED) is 0.533. The van der Waals surface area contributed by atoms with Gasteiger partial charge in [-0.2, -0.15) is 0 Å². The molecule has 0 aliphatic rings. The van der Waals surface area contributed by atoms with E-state index < -0.39 is 0 Å². The van der Waals surface area contributed by atoms with Gasteiger partial charge in [-0.1, -0.05) is 33.6 Å². The first kappa shape index (κ1) is 17.8. The Morgan fingerprint density at radius 3 is 2.42 bits per heavy atom. The zero-order chi connectivity index (χ0) is 14.9. The van der Waals surface area contributed by atoms with E-state index in [1.165, 1.54) is 0 Å². The largest absolute Gasteiger partial charge is 0.449 e. The monoisotopic (exact) mass is 267 g/mol. The van der Waals surface area contributed by atoms with Crippen LogP contribution in [0.15, 0.2) is 0 Å². The van der Waals surface area contributed by atoms with Crippen molar-refractivity contribution in [3.63, 3.8) is 0 Å². The van der Waals surface area contributed by atoms with Crippen molar-refractivity contribution < 1.29 is 9.53 Å². The molecule has 0 bridgehead atoms. The molecular formula is C16H29NO2. The zero-order valence-electron chi connectivity index (χ0n) is 13.1.